The molecule has 1 atom stereocenters. The highest BCUT2D eigenvalue weighted by Gasteiger charge is 2.22. The molecule has 2 aromatic rings. The second kappa shape index (κ2) is 9.64. The minimum absolute atomic E-state index is 0.00262. The van der Waals surface area contributed by atoms with Gasteiger partial charge in [0.15, 0.2) is 0 Å². The van der Waals surface area contributed by atoms with Crippen molar-refractivity contribution < 1.29 is 18.7 Å². The van der Waals surface area contributed by atoms with Gasteiger partial charge in [-0.25, -0.2) is 4.39 Å². The summed E-state index contributed by atoms with van der Waals surface area (Å²) in [5, 5.41) is 4.85. The fourth-order valence-corrected chi connectivity index (χ4v) is 3.13. The van der Waals surface area contributed by atoms with Gasteiger partial charge < -0.3 is 15.4 Å². The molecule has 148 valence electrons. The first kappa shape index (κ1) is 20.3. The van der Waals surface area contributed by atoms with E-state index >= 15 is 0 Å². The van der Waals surface area contributed by atoms with Crippen molar-refractivity contribution in [3.63, 3.8) is 0 Å². The summed E-state index contributed by atoms with van der Waals surface area (Å²) in [5.41, 5.74) is 1.37. The van der Waals surface area contributed by atoms with Crippen LogP contribution < -0.4 is 10.6 Å². The Bertz CT molecular complexity index is 835. The van der Waals surface area contributed by atoms with Crippen molar-refractivity contribution >= 4 is 29.1 Å². The molecule has 0 bridgehead atoms. The number of anilines is 1. The normalized spacial score (nSPS) is 17.1. The second-order valence-corrected chi connectivity index (χ2v) is 6.82. The molecule has 1 heterocycles. The molecule has 8 heteroatoms. The summed E-state index contributed by atoms with van der Waals surface area (Å²) < 4.78 is 19.0. The highest BCUT2D eigenvalue weighted by atomic mass is 35.5. The third kappa shape index (κ3) is 5.51. The number of amides is 2. The number of benzene rings is 2. The van der Waals surface area contributed by atoms with E-state index in [9.17, 15) is 14.0 Å². The molecular formula is C20H21ClFN3O3. The van der Waals surface area contributed by atoms with E-state index in [1.165, 1.54) is 12.1 Å². The molecule has 2 N–H and O–H groups in total. The van der Waals surface area contributed by atoms with Crippen molar-refractivity contribution in [2.45, 2.75) is 6.10 Å². The summed E-state index contributed by atoms with van der Waals surface area (Å²) in [6.07, 6.45) is -0.00262. The predicted octanol–water partition coefficient (Wildman–Crippen LogP) is 2.61. The summed E-state index contributed by atoms with van der Waals surface area (Å²) in [5.74, 6) is -2.18. The summed E-state index contributed by atoms with van der Waals surface area (Å²) in [6.45, 7) is 3.03. The van der Waals surface area contributed by atoms with Crippen molar-refractivity contribution in [3.8, 4) is 0 Å². The Morgan fingerprint density at radius 3 is 2.71 bits per heavy atom. The van der Waals surface area contributed by atoms with Crippen molar-refractivity contribution in [1.29, 1.82) is 0 Å². The highest BCUT2D eigenvalue weighted by Crippen LogP contribution is 2.21. The van der Waals surface area contributed by atoms with Crippen LogP contribution in [0.5, 0.6) is 0 Å². The maximum absolute atomic E-state index is 13.1. The first-order valence-corrected chi connectivity index (χ1v) is 9.34. The van der Waals surface area contributed by atoms with Crippen LogP contribution in [0.2, 0.25) is 5.02 Å². The molecule has 1 aliphatic rings. The van der Waals surface area contributed by atoms with Crippen LogP contribution in [0.4, 0.5) is 10.1 Å². The van der Waals surface area contributed by atoms with Crippen LogP contribution in [0.1, 0.15) is 11.7 Å². The van der Waals surface area contributed by atoms with E-state index < -0.39 is 17.6 Å². The number of carbonyl (C=O) groups is 2. The molecule has 2 amide bonds. The zero-order valence-electron chi connectivity index (χ0n) is 15.2. The number of hydrogen-bond donors (Lipinski definition) is 2. The maximum Gasteiger partial charge on any atom is 0.313 e. The molecule has 0 aromatic heterocycles. The maximum atomic E-state index is 13.1. The third-order valence-corrected chi connectivity index (χ3v) is 4.71. The first-order chi connectivity index (χ1) is 13.5. The van der Waals surface area contributed by atoms with E-state index in [-0.39, 0.29) is 16.8 Å². The topological polar surface area (TPSA) is 70.7 Å². The predicted molar refractivity (Wildman–Crippen MR) is 105 cm³/mol. The van der Waals surface area contributed by atoms with Crippen molar-refractivity contribution in [3.05, 3.63) is 64.9 Å². The zero-order valence-corrected chi connectivity index (χ0v) is 15.9. The van der Waals surface area contributed by atoms with E-state index in [4.69, 9.17) is 16.3 Å². The summed E-state index contributed by atoms with van der Waals surface area (Å²) >= 11 is 5.66. The Balaban J connectivity index is 1.43. The molecule has 0 aliphatic carbocycles. The number of carbonyl (C=O) groups excluding carboxylic acids is 2. The van der Waals surface area contributed by atoms with Gasteiger partial charge in [0.25, 0.3) is 0 Å². The van der Waals surface area contributed by atoms with E-state index in [0.717, 1.165) is 24.7 Å². The van der Waals surface area contributed by atoms with Gasteiger partial charge in [0, 0.05) is 31.9 Å². The molecule has 0 saturated carbocycles. The fourth-order valence-electron chi connectivity index (χ4n) is 2.94. The molecule has 2 aromatic carbocycles. The minimum Gasteiger partial charge on any atom is -0.371 e. The average molecular weight is 406 g/mol. The van der Waals surface area contributed by atoms with Gasteiger partial charge in [0.05, 0.1) is 17.7 Å². The van der Waals surface area contributed by atoms with Crippen LogP contribution in [0, 0.1) is 5.82 Å². The van der Waals surface area contributed by atoms with E-state index in [1.54, 1.807) is 0 Å². The highest BCUT2D eigenvalue weighted by molar-refractivity contribution is 6.39. The summed E-state index contributed by atoms with van der Waals surface area (Å²) in [4.78, 5) is 26.1. The minimum atomic E-state index is -0.827. The van der Waals surface area contributed by atoms with Crippen LogP contribution in [-0.4, -0.2) is 49.5 Å². The van der Waals surface area contributed by atoms with Gasteiger partial charge in [0.1, 0.15) is 5.82 Å². The molecule has 0 radical (unpaired) electrons. The first-order valence-electron chi connectivity index (χ1n) is 8.96. The van der Waals surface area contributed by atoms with E-state index in [2.05, 4.69) is 15.5 Å². The number of ether oxygens (including phenoxy) is 1. The van der Waals surface area contributed by atoms with Crippen LogP contribution in [-0.2, 0) is 14.3 Å². The number of halogens is 2. The van der Waals surface area contributed by atoms with Crippen LogP contribution >= 0.6 is 11.6 Å². The van der Waals surface area contributed by atoms with Crippen molar-refractivity contribution in [2.75, 3.05) is 38.1 Å². The Morgan fingerprint density at radius 2 is 1.96 bits per heavy atom. The number of hydrogen-bond acceptors (Lipinski definition) is 4. The number of rotatable bonds is 5. The Kier molecular flexibility index (Phi) is 6.97. The fraction of sp³-hybridized carbons (Fsp3) is 0.300. The molecule has 0 spiro atoms. The molecule has 1 saturated heterocycles. The van der Waals surface area contributed by atoms with Gasteiger partial charge in [-0.15, -0.1) is 0 Å². The molecule has 0 unspecified atom stereocenters. The van der Waals surface area contributed by atoms with Gasteiger partial charge >= 0.3 is 11.8 Å². The van der Waals surface area contributed by atoms with Crippen molar-refractivity contribution in [2.24, 2.45) is 0 Å². The van der Waals surface area contributed by atoms with Gasteiger partial charge in [-0.1, -0.05) is 41.9 Å². The quantitative estimate of drug-likeness (QED) is 0.750. The van der Waals surface area contributed by atoms with Gasteiger partial charge in [-0.05, 0) is 23.8 Å². The van der Waals surface area contributed by atoms with Gasteiger partial charge in [-0.3, -0.25) is 14.5 Å². The Morgan fingerprint density at radius 1 is 1.18 bits per heavy atom. The van der Waals surface area contributed by atoms with Crippen molar-refractivity contribution in [1.82, 2.24) is 10.2 Å². The van der Waals surface area contributed by atoms with Gasteiger partial charge in [-0.2, -0.15) is 0 Å². The Labute approximate surface area is 167 Å². The van der Waals surface area contributed by atoms with E-state index in [1.807, 2.05) is 30.3 Å². The second-order valence-electron chi connectivity index (χ2n) is 6.41. The van der Waals surface area contributed by atoms with Crippen LogP contribution in [0.3, 0.4) is 0 Å². The summed E-state index contributed by atoms with van der Waals surface area (Å²) in [7, 11) is 0. The largest absolute Gasteiger partial charge is 0.371 e. The molecule has 28 heavy (non-hydrogen) atoms. The lowest BCUT2D eigenvalue weighted by Crippen LogP contribution is -2.44. The molecule has 1 fully saturated rings. The third-order valence-electron chi connectivity index (χ3n) is 4.42. The smallest absolute Gasteiger partial charge is 0.313 e. The lowest BCUT2D eigenvalue weighted by molar-refractivity contribution is -0.136. The van der Waals surface area contributed by atoms with Crippen LogP contribution in [0.25, 0.3) is 0 Å². The number of nitrogens with zero attached hydrogens (tertiary/aromatic N) is 1. The van der Waals surface area contributed by atoms with Crippen LogP contribution in [0.15, 0.2) is 48.5 Å². The molecule has 1 aliphatic heterocycles. The lowest BCUT2D eigenvalue weighted by atomic mass is 10.1. The standard InChI is InChI=1S/C20H21ClFN3O3/c21-16-12-15(6-7-17(16)22)24-20(27)19(26)23-8-9-25-10-11-28-18(13-25)14-4-2-1-3-5-14/h1-7,12,18H,8-11,13H2,(H,23,26)(H,24,27)/t18-/m1/s1. The number of morpholine rings is 1. The molecular weight excluding hydrogens is 385 g/mol. The average Bonchev–Trinajstić information content (AvgIpc) is 2.71. The zero-order chi connectivity index (χ0) is 19.9. The lowest BCUT2D eigenvalue weighted by Gasteiger charge is -2.33. The van der Waals surface area contributed by atoms with Gasteiger partial charge in [0.2, 0.25) is 0 Å². The van der Waals surface area contributed by atoms with E-state index in [0.29, 0.717) is 19.7 Å². The molecule has 3 rings (SSSR count). The summed E-state index contributed by atoms with van der Waals surface area (Å²) in [6, 6.07) is 13.7. The molecule has 6 nitrogen and oxygen atoms in total. The monoisotopic (exact) mass is 405 g/mol. The Hall–Kier alpha value is -2.48. The SMILES string of the molecule is O=C(NCCN1CCO[C@@H](c2ccccc2)C1)C(=O)Nc1ccc(F)c(Cl)c1. The number of nitrogens with one attached hydrogen (secondary N) is 2.